The van der Waals surface area contributed by atoms with Gasteiger partial charge in [-0.25, -0.2) is 9.97 Å². The lowest BCUT2D eigenvalue weighted by Crippen LogP contribution is -2.34. The second-order valence-corrected chi connectivity index (χ2v) is 9.04. The third kappa shape index (κ3) is 3.62. The van der Waals surface area contributed by atoms with Gasteiger partial charge in [0.15, 0.2) is 0 Å². The van der Waals surface area contributed by atoms with Gasteiger partial charge < -0.3 is 4.90 Å². The zero-order valence-corrected chi connectivity index (χ0v) is 16.6. The van der Waals surface area contributed by atoms with Gasteiger partial charge in [-0.05, 0) is 24.3 Å². The number of nitrogens with zero attached hydrogens (tertiary/aromatic N) is 3. The minimum Gasteiger partial charge on any atom is -0.332 e. The topological polar surface area (TPSA) is 46.1 Å². The van der Waals surface area contributed by atoms with E-state index in [0.717, 1.165) is 35.5 Å². The second-order valence-electron chi connectivity index (χ2n) is 9.04. The number of carbonyl (C=O) groups excluding carboxylic acids is 1. The third-order valence-electron chi connectivity index (χ3n) is 5.93. The Bertz CT molecular complexity index is 819. The monoisotopic (exact) mass is 363 g/mol. The van der Waals surface area contributed by atoms with Crippen LogP contribution in [0.25, 0.3) is 0 Å². The Morgan fingerprint density at radius 2 is 1.81 bits per heavy atom. The Labute approximate surface area is 162 Å². The van der Waals surface area contributed by atoms with Crippen molar-refractivity contribution < 1.29 is 4.79 Å². The molecule has 2 aromatic rings. The lowest BCUT2D eigenvalue weighted by molar-refractivity contribution is -0.134. The predicted octanol–water partition coefficient (Wildman–Crippen LogP) is 4.59. The summed E-state index contributed by atoms with van der Waals surface area (Å²) in [5, 5.41) is 0. The van der Waals surface area contributed by atoms with Crippen molar-refractivity contribution in [2.75, 3.05) is 0 Å². The van der Waals surface area contributed by atoms with Gasteiger partial charge in [0, 0.05) is 23.7 Å². The molecule has 0 N–H and O–H groups in total. The highest BCUT2D eigenvalue weighted by Gasteiger charge is 2.37. The standard InChI is InChI=1S/C23H29N3O/c1-23(2,3)22-24-13-18-14-26(15-19(18)25-22)21(27)20(17-11-7-8-12-17)16-9-5-4-6-10-16/h4-6,9-10,13,17,20H,7-8,11-12,14-15H2,1-3H3. The highest BCUT2D eigenvalue weighted by molar-refractivity contribution is 5.84. The van der Waals surface area contributed by atoms with Gasteiger partial charge in [-0.15, -0.1) is 0 Å². The van der Waals surface area contributed by atoms with E-state index in [1.165, 1.54) is 12.8 Å². The number of carbonyl (C=O) groups is 1. The summed E-state index contributed by atoms with van der Waals surface area (Å²) in [5.41, 5.74) is 3.19. The van der Waals surface area contributed by atoms with Crippen molar-refractivity contribution in [3.05, 3.63) is 59.2 Å². The predicted molar refractivity (Wildman–Crippen MR) is 106 cm³/mol. The normalized spacial score (nSPS) is 18.6. The molecule has 1 aliphatic heterocycles. The van der Waals surface area contributed by atoms with E-state index < -0.39 is 0 Å². The van der Waals surface area contributed by atoms with E-state index in [-0.39, 0.29) is 17.2 Å². The van der Waals surface area contributed by atoms with Crippen LogP contribution < -0.4 is 0 Å². The third-order valence-corrected chi connectivity index (χ3v) is 5.93. The summed E-state index contributed by atoms with van der Waals surface area (Å²) in [4.78, 5) is 24.9. The molecule has 0 bridgehead atoms. The molecule has 4 rings (SSSR count). The quantitative estimate of drug-likeness (QED) is 0.801. The number of hydrogen-bond acceptors (Lipinski definition) is 3. The van der Waals surface area contributed by atoms with Crippen LogP contribution in [0.3, 0.4) is 0 Å². The first-order valence-corrected chi connectivity index (χ1v) is 10.1. The van der Waals surface area contributed by atoms with E-state index in [9.17, 15) is 4.79 Å². The SMILES string of the molecule is CC(C)(C)c1ncc2c(n1)CN(C(=O)C(c1ccccc1)C1CCCC1)C2. The lowest BCUT2D eigenvalue weighted by atomic mass is 9.83. The van der Waals surface area contributed by atoms with E-state index in [0.29, 0.717) is 19.0 Å². The lowest BCUT2D eigenvalue weighted by Gasteiger charge is -2.27. The fourth-order valence-corrected chi connectivity index (χ4v) is 4.43. The van der Waals surface area contributed by atoms with Crippen molar-refractivity contribution in [2.24, 2.45) is 5.92 Å². The molecule has 0 spiro atoms. The van der Waals surface area contributed by atoms with Crippen LogP contribution in [0.5, 0.6) is 0 Å². The molecule has 4 heteroatoms. The van der Waals surface area contributed by atoms with E-state index in [2.05, 4.69) is 37.9 Å². The molecule has 0 radical (unpaired) electrons. The molecule has 1 fully saturated rings. The molecule has 0 saturated heterocycles. The Morgan fingerprint density at radius 1 is 1.11 bits per heavy atom. The summed E-state index contributed by atoms with van der Waals surface area (Å²) in [7, 11) is 0. The van der Waals surface area contributed by atoms with E-state index in [1.807, 2.05) is 29.3 Å². The van der Waals surface area contributed by atoms with Gasteiger partial charge in [0.25, 0.3) is 0 Å². The maximum Gasteiger partial charge on any atom is 0.231 e. The molecule has 1 aliphatic carbocycles. The van der Waals surface area contributed by atoms with Crippen LogP contribution in [-0.2, 0) is 23.3 Å². The summed E-state index contributed by atoms with van der Waals surface area (Å²) in [6.45, 7) is 7.61. The molecule has 4 nitrogen and oxygen atoms in total. The minimum absolute atomic E-state index is 0.0296. The van der Waals surface area contributed by atoms with E-state index in [4.69, 9.17) is 4.98 Å². The molecule has 2 aliphatic rings. The van der Waals surface area contributed by atoms with Gasteiger partial charge in [-0.3, -0.25) is 4.79 Å². The Morgan fingerprint density at radius 3 is 2.48 bits per heavy atom. The number of fused-ring (bicyclic) bond motifs is 1. The second kappa shape index (κ2) is 7.06. The summed E-state index contributed by atoms with van der Waals surface area (Å²) >= 11 is 0. The first-order chi connectivity index (χ1) is 12.9. The summed E-state index contributed by atoms with van der Waals surface area (Å²) in [6.07, 6.45) is 6.70. The van der Waals surface area contributed by atoms with Crippen LogP contribution in [0.15, 0.2) is 36.5 Å². The van der Waals surface area contributed by atoms with Gasteiger partial charge in [0.05, 0.1) is 18.2 Å². The number of benzene rings is 1. The molecule has 1 amide bonds. The summed E-state index contributed by atoms with van der Waals surface area (Å²) in [5.74, 6) is 1.53. The highest BCUT2D eigenvalue weighted by atomic mass is 16.2. The van der Waals surface area contributed by atoms with Gasteiger partial charge in [0.2, 0.25) is 5.91 Å². The zero-order chi connectivity index (χ0) is 19.0. The average Bonchev–Trinajstić information content (AvgIpc) is 3.31. The molecule has 1 atom stereocenters. The van der Waals surface area contributed by atoms with E-state index >= 15 is 0 Å². The van der Waals surface area contributed by atoms with E-state index in [1.54, 1.807) is 0 Å². The minimum atomic E-state index is -0.0805. The van der Waals surface area contributed by atoms with Crippen molar-refractivity contribution in [1.82, 2.24) is 14.9 Å². The number of amides is 1. The molecule has 1 aromatic heterocycles. The fourth-order valence-electron chi connectivity index (χ4n) is 4.43. The molecular weight excluding hydrogens is 334 g/mol. The molecule has 1 saturated carbocycles. The number of hydrogen-bond donors (Lipinski definition) is 0. The van der Waals surface area contributed by atoms with Crippen molar-refractivity contribution in [3.63, 3.8) is 0 Å². The highest BCUT2D eigenvalue weighted by Crippen LogP contribution is 2.39. The van der Waals surface area contributed by atoms with Gasteiger partial charge in [-0.1, -0.05) is 63.9 Å². The molecular formula is C23H29N3O. The maximum atomic E-state index is 13.6. The first-order valence-electron chi connectivity index (χ1n) is 10.1. The smallest absolute Gasteiger partial charge is 0.231 e. The summed E-state index contributed by atoms with van der Waals surface area (Å²) in [6, 6.07) is 10.3. The van der Waals surface area contributed by atoms with Crippen molar-refractivity contribution in [2.45, 2.75) is 70.9 Å². The average molecular weight is 364 g/mol. The van der Waals surface area contributed by atoms with Gasteiger partial charge >= 0.3 is 0 Å². The maximum absolute atomic E-state index is 13.6. The number of rotatable bonds is 3. The summed E-state index contributed by atoms with van der Waals surface area (Å²) < 4.78 is 0. The largest absolute Gasteiger partial charge is 0.332 e. The molecule has 142 valence electrons. The van der Waals surface area contributed by atoms with Gasteiger partial charge in [-0.2, -0.15) is 0 Å². The molecule has 1 unspecified atom stereocenters. The Kier molecular flexibility index (Phi) is 4.75. The first kappa shape index (κ1) is 18.1. The molecule has 1 aromatic carbocycles. The Balaban J connectivity index is 1.59. The molecule has 2 heterocycles. The van der Waals surface area contributed by atoms with Crippen LogP contribution in [0.1, 0.15) is 75.0 Å². The van der Waals surface area contributed by atoms with Crippen molar-refractivity contribution in [3.8, 4) is 0 Å². The van der Waals surface area contributed by atoms with Crippen LogP contribution in [0.4, 0.5) is 0 Å². The van der Waals surface area contributed by atoms with Crippen LogP contribution >= 0.6 is 0 Å². The van der Waals surface area contributed by atoms with Crippen molar-refractivity contribution >= 4 is 5.91 Å². The zero-order valence-electron chi connectivity index (χ0n) is 16.6. The van der Waals surface area contributed by atoms with Gasteiger partial charge in [0.1, 0.15) is 5.82 Å². The van der Waals surface area contributed by atoms with Crippen molar-refractivity contribution in [1.29, 1.82) is 0 Å². The van der Waals surface area contributed by atoms with Crippen LogP contribution in [-0.4, -0.2) is 20.8 Å². The number of aromatic nitrogens is 2. The Hall–Kier alpha value is -2.23. The fraction of sp³-hybridized carbons (Fsp3) is 0.522. The van der Waals surface area contributed by atoms with Crippen LogP contribution in [0, 0.1) is 5.92 Å². The van der Waals surface area contributed by atoms with Crippen LogP contribution in [0.2, 0.25) is 0 Å². The molecule has 27 heavy (non-hydrogen) atoms.